The molecule has 0 spiro atoms. The number of rotatable bonds is 3. The number of aryl methyl sites for hydroxylation is 1. The first kappa shape index (κ1) is 10.8. The van der Waals surface area contributed by atoms with Crippen molar-refractivity contribution in [3.05, 3.63) is 34.9 Å². The zero-order valence-electron chi connectivity index (χ0n) is 8.87. The molecule has 2 nitrogen and oxygen atoms in total. The van der Waals surface area contributed by atoms with Gasteiger partial charge in [-0.2, -0.15) is 0 Å². The highest BCUT2D eigenvalue weighted by Crippen LogP contribution is 2.24. The van der Waals surface area contributed by atoms with E-state index in [4.69, 9.17) is 5.11 Å². The average Bonchev–Trinajstić information content (AvgIpc) is 2.08. The molecule has 2 heteroatoms. The molecule has 1 rings (SSSR count). The van der Waals surface area contributed by atoms with Gasteiger partial charge in [-0.25, -0.2) is 0 Å². The zero-order chi connectivity index (χ0) is 10.7. The van der Waals surface area contributed by atoms with Gasteiger partial charge >= 0.3 is 5.97 Å². The van der Waals surface area contributed by atoms with Crippen LogP contribution in [0, 0.1) is 13.8 Å². The van der Waals surface area contributed by atoms with Gasteiger partial charge in [0.2, 0.25) is 0 Å². The second-order valence-corrected chi connectivity index (χ2v) is 3.79. The van der Waals surface area contributed by atoms with Crippen molar-refractivity contribution in [3.8, 4) is 0 Å². The van der Waals surface area contributed by atoms with Gasteiger partial charge in [-0.1, -0.05) is 25.1 Å². The van der Waals surface area contributed by atoms with Crippen LogP contribution in [0.5, 0.6) is 0 Å². The average molecular weight is 192 g/mol. The second-order valence-electron chi connectivity index (χ2n) is 3.79. The first-order chi connectivity index (χ1) is 6.52. The van der Waals surface area contributed by atoms with Gasteiger partial charge in [-0.05, 0) is 36.5 Å². The van der Waals surface area contributed by atoms with E-state index < -0.39 is 5.97 Å². The largest absolute Gasteiger partial charge is 0.481 e. The Labute approximate surface area is 84.6 Å². The maximum atomic E-state index is 10.6. The number of carboxylic acid groups (broad SMARTS) is 1. The summed E-state index contributed by atoms with van der Waals surface area (Å²) >= 11 is 0. The van der Waals surface area contributed by atoms with E-state index in [9.17, 15) is 4.79 Å². The molecule has 0 aromatic heterocycles. The van der Waals surface area contributed by atoms with Crippen molar-refractivity contribution in [1.82, 2.24) is 0 Å². The van der Waals surface area contributed by atoms with E-state index in [2.05, 4.69) is 0 Å². The van der Waals surface area contributed by atoms with Gasteiger partial charge in [0.05, 0.1) is 6.42 Å². The van der Waals surface area contributed by atoms with Crippen LogP contribution in [-0.2, 0) is 4.79 Å². The summed E-state index contributed by atoms with van der Waals surface area (Å²) in [5, 5.41) is 8.71. The summed E-state index contributed by atoms with van der Waals surface area (Å²) in [6.45, 7) is 6.05. The van der Waals surface area contributed by atoms with Crippen molar-refractivity contribution in [3.63, 3.8) is 0 Å². The Morgan fingerprint density at radius 1 is 1.43 bits per heavy atom. The summed E-state index contributed by atoms with van der Waals surface area (Å²) < 4.78 is 0. The highest BCUT2D eigenvalue weighted by molar-refractivity contribution is 5.68. The minimum Gasteiger partial charge on any atom is -0.481 e. The van der Waals surface area contributed by atoms with Gasteiger partial charge in [0.1, 0.15) is 0 Å². The van der Waals surface area contributed by atoms with Gasteiger partial charge in [-0.3, -0.25) is 4.79 Å². The summed E-state index contributed by atoms with van der Waals surface area (Å²) in [5.41, 5.74) is 3.58. The molecule has 0 aliphatic carbocycles. The molecule has 0 aliphatic heterocycles. The molecule has 0 bridgehead atoms. The van der Waals surface area contributed by atoms with E-state index in [-0.39, 0.29) is 12.3 Å². The van der Waals surface area contributed by atoms with Gasteiger partial charge in [0.15, 0.2) is 0 Å². The molecular weight excluding hydrogens is 176 g/mol. The van der Waals surface area contributed by atoms with Crippen LogP contribution in [0.1, 0.15) is 36.0 Å². The Bertz CT molecular complexity index is 342. The van der Waals surface area contributed by atoms with Crippen LogP contribution >= 0.6 is 0 Å². The van der Waals surface area contributed by atoms with Crippen molar-refractivity contribution in [2.75, 3.05) is 0 Å². The van der Waals surface area contributed by atoms with Crippen LogP contribution < -0.4 is 0 Å². The van der Waals surface area contributed by atoms with Crippen LogP contribution in [0.2, 0.25) is 0 Å². The molecule has 0 heterocycles. The molecule has 1 atom stereocenters. The SMILES string of the molecule is Cc1cccc([C@H](C)CC(=O)O)c1C. The summed E-state index contributed by atoms with van der Waals surface area (Å²) in [6, 6.07) is 6.04. The van der Waals surface area contributed by atoms with E-state index in [1.807, 2.05) is 39.0 Å². The lowest BCUT2D eigenvalue weighted by Crippen LogP contribution is -2.04. The van der Waals surface area contributed by atoms with E-state index >= 15 is 0 Å². The fraction of sp³-hybridized carbons (Fsp3) is 0.417. The predicted octanol–water partition coefficient (Wildman–Crippen LogP) is 2.88. The molecule has 1 N–H and O–H groups in total. The minimum atomic E-state index is -0.738. The maximum absolute atomic E-state index is 10.6. The molecule has 0 aliphatic rings. The van der Waals surface area contributed by atoms with E-state index in [0.29, 0.717) is 0 Å². The fourth-order valence-corrected chi connectivity index (χ4v) is 1.68. The minimum absolute atomic E-state index is 0.0902. The number of hydrogen-bond acceptors (Lipinski definition) is 1. The molecule has 1 aromatic rings. The van der Waals surface area contributed by atoms with E-state index in [1.54, 1.807) is 0 Å². The van der Waals surface area contributed by atoms with Crippen molar-refractivity contribution in [2.24, 2.45) is 0 Å². The molecule has 0 fully saturated rings. The number of carbonyl (C=O) groups is 1. The van der Waals surface area contributed by atoms with Crippen molar-refractivity contribution >= 4 is 5.97 Å². The lowest BCUT2D eigenvalue weighted by atomic mass is 9.91. The van der Waals surface area contributed by atoms with Crippen LogP contribution in [0.15, 0.2) is 18.2 Å². The molecule has 0 saturated heterocycles. The van der Waals surface area contributed by atoms with Crippen LogP contribution in [0.3, 0.4) is 0 Å². The second kappa shape index (κ2) is 4.27. The molecule has 0 saturated carbocycles. The zero-order valence-corrected chi connectivity index (χ0v) is 8.87. The van der Waals surface area contributed by atoms with Crippen LogP contribution in [0.25, 0.3) is 0 Å². The molecule has 14 heavy (non-hydrogen) atoms. The molecule has 76 valence electrons. The normalized spacial score (nSPS) is 12.5. The summed E-state index contributed by atoms with van der Waals surface area (Å²) in [6.07, 6.45) is 0.199. The van der Waals surface area contributed by atoms with Crippen molar-refractivity contribution in [1.29, 1.82) is 0 Å². The molecular formula is C12H16O2. The third-order valence-electron chi connectivity index (χ3n) is 2.66. The summed E-state index contributed by atoms with van der Waals surface area (Å²) in [5.74, 6) is -0.647. The van der Waals surface area contributed by atoms with Crippen LogP contribution in [0.4, 0.5) is 0 Å². The standard InChI is InChI=1S/C12H16O2/c1-8-5-4-6-11(10(8)3)9(2)7-12(13)14/h4-6,9H,7H2,1-3H3,(H,13,14)/t9-/m1/s1. The number of carboxylic acids is 1. The third-order valence-corrected chi connectivity index (χ3v) is 2.66. The van der Waals surface area contributed by atoms with Crippen molar-refractivity contribution in [2.45, 2.75) is 33.1 Å². The highest BCUT2D eigenvalue weighted by Gasteiger charge is 2.12. The molecule has 1 aromatic carbocycles. The Morgan fingerprint density at radius 2 is 2.07 bits per heavy atom. The van der Waals surface area contributed by atoms with Gasteiger partial charge in [-0.15, -0.1) is 0 Å². The van der Waals surface area contributed by atoms with E-state index in [1.165, 1.54) is 11.1 Å². The maximum Gasteiger partial charge on any atom is 0.303 e. The summed E-state index contributed by atoms with van der Waals surface area (Å²) in [4.78, 5) is 10.6. The number of aliphatic carboxylic acids is 1. The van der Waals surface area contributed by atoms with Crippen LogP contribution in [-0.4, -0.2) is 11.1 Å². The smallest absolute Gasteiger partial charge is 0.303 e. The third kappa shape index (κ3) is 2.34. The number of hydrogen-bond donors (Lipinski definition) is 1. The molecule has 0 unspecified atom stereocenters. The van der Waals surface area contributed by atoms with Gasteiger partial charge in [0, 0.05) is 0 Å². The first-order valence-corrected chi connectivity index (χ1v) is 4.80. The first-order valence-electron chi connectivity index (χ1n) is 4.80. The Balaban J connectivity index is 2.95. The Morgan fingerprint density at radius 3 is 2.64 bits per heavy atom. The predicted molar refractivity (Wildman–Crippen MR) is 56.6 cm³/mol. The highest BCUT2D eigenvalue weighted by atomic mass is 16.4. The van der Waals surface area contributed by atoms with Gasteiger partial charge in [0.25, 0.3) is 0 Å². The molecule has 0 radical (unpaired) electrons. The quantitative estimate of drug-likeness (QED) is 0.799. The van der Waals surface area contributed by atoms with E-state index in [0.717, 1.165) is 5.56 Å². The summed E-state index contributed by atoms with van der Waals surface area (Å²) in [7, 11) is 0. The van der Waals surface area contributed by atoms with Gasteiger partial charge < -0.3 is 5.11 Å². The number of benzene rings is 1. The lowest BCUT2D eigenvalue weighted by Gasteiger charge is -2.13. The monoisotopic (exact) mass is 192 g/mol. The molecule has 0 amide bonds. The van der Waals surface area contributed by atoms with Crippen molar-refractivity contribution < 1.29 is 9.90 Å². The Kier molecular flexibility index (Phi) is 3.28. The topological polar surface area (TPSA) is 37.3 Å². The fourth-order valence-electron chi connectivity index (χ4n) is 1.68. The lowest BCUT2D eigenvalue weighted by molar-refractivity contribution is -0.137. The Hall–Kier alpha value is -1.31.